The van der Waals surface area contributed by atoms with Gasteiger partial charge >= 0.3 is 0 Å². The fourth-order valence-corrected chi connectivity index (χ4v) is 2.28. The van der Waals surface area contributed by atoms with Crippen molar-refractivity contribution < 1.29 is 9.53 Å². The van der Waals surface area contributed by atoms with Gasteiger partial charge in [0.1, 0.15) is 5.75 Å². The Morgan fingerprint density at radius 3 is 2.78 bits per heavy atom. The standard InChI is InChI=1S/C14H12INO2/c1-9-5-3-6-10(12(9)15)14(17)13-11(18-2)7-4-8-16-13/h3-8H,1-2H3. The van der Waals surface area contributed by atoms with Gasteiger partial charge in [0.05, 0.1) is 7.11 Å². The van der Waals surface area contributed by atoms with E-state index in [0.717, 1.165) is 9.13 Å². The summed E-state index contributed by atoms with van der Waals surface area (Å²) >= 11 is 2.18. The predicted octanol–water partition coefficient (Wildman–Crippen LogP) is 3.23. The molecule has 0 aliphatic carbocycles. The number of hydrogen-bond donors (Lipinski definition) is 0. The second kappa shape index (κ2) is 5.48. The first-order valence-electron chi connectivity index (χ1n) is 5.44. The molecule has 0 aliphatic rings. The van der Waals surface area contributed by atoms with E-state index in [4.69, 9.17) is 4.74 Å². The molecule has 92 valence electrons. The molecule has 3 nitrogen and oxygen atoms in total. The van der Waals surface area contributed by atoms with Crippen molar-refractivity contribution >= 4 is 28.4 Å². The fourth-order valence-electron chi connectivity index (χ4n) is 1.68. The van der Waals surface area contributed by atoms with Crippen molar-refractivity contribution in [1.29, 1.82) is 0 Å². The van der Waals surface area contributed by atoms with Gasteiger partial charge in [-0.1, -0.05) is 12.1 Å². The van der Waals surface area contributed by atoms with E-state index in [2.05, 4.69) is 27.6 Å². The van der Waals surface area contributed by atoms with E-state index in [1.165, 1.54) is 7.11 Å². The molecular formula is C14H12INO2. The van der Waals surface area contributed by atoms with E-state index in [9.17, 15) is 4.79 Å². The van der Waals surface area contributed by atoms with Gasteiger partial charge in [-0.25, -0.2) is 4.98 Å². The zero-order valence-corrected chi connectivity index (χ0v) is 12.3. The zero-order chi connectivity index (χ0) is 13.1. The Kier molecular flexibility index (Phi) is 3.96. The van der Waals surface area contributed by atoms with Crippen LogP contribution < -0.4 is 4.74 Å². The normalized spacial score (nSPS) is 10.2. The van der Waals surface area contributed by atoms with E-state index in [-0.39, 0.29) is 5.78 Å². The highest BCUT2D eigenvalue weighted by Gasteiger charge is 2.18. The van der Waals surface area contributed by atoms with Gasteiger partial charge < -0.3 is 4.74 Å². The van der Waals surface area contributed by atoms with E-state index < -0.39 is 0 Å². The van der Waals surface area contributed by atoms with Crippen LogP contribution in [0.1, 0.15) is 21.6 Å². The number of carbonyl (C=O) groups is 1. The first kappa shape index (κ1) is 13.0. The van der Waals surface area contributed by atoms with Crippen LogP contribution >= 0.6 is 22.6 Å². The molecular weight excluding hydrogens is 341 g/mol. The smallest absolute Gasteiger partial charge is 0.216 e. The number of methoxy groups -OCH3 is 1. The van der Waals surface area contributed by atoms with Gasteiger partial charge in [-0.05, 0) is 53.3 Å². The highest BCUT2D eigenvalue weighted by atomic mass is 127. The molecule has 0 amide bonds. The van der Waals surface area contributed by atoms with Crippen LogP contribution in [0.5, 0.6) is 5.75 Å². The molecule has 0 saturated carbocycles. The number of ether oxygens (including phenoxy) is 1. The van der Waals surface area contributed by atoms with Gasteiger partial charge in [0.2, 0.25) is 5.78 Å². The van der Waals surface area contributed by atoms with Crippen molar-refractivity contribution in [2.75, 3.05) is 7.11 Å². The van der Waals surface area contributed by atoms with Crippen LogP contribution in [-0.4, -0.2) is 17.9 Å². The highest BCUT2D eigenvalue weighted by molar-refractivity contribution is 14.1. The maximum absolute atomic E-state index is 12.5. The van der Waals surface area contributed by atoms with Crippen LogP contribution in [0.25, 0.3) is 0 Å². The van der Waals surface area contributed by atoms with Crippen molar-refractivity contribution in [3.05, 3.63) is 56.9 Å². The third-order valence-electron chi connectivity index (χ3n) is 2.64. The lowest BCUT2D eigenvalue weighted by molar-refractivity contribution is 0.103. The summed E-state index contributed by atoms with van der Waals surface area (Å²) in [6.07, 6.45) is 1.60. The van der Waals surface area contributed by atoms with Gasteiger partial charge in [0, 0.05) is 15.3 Å². The Hall–Kier alpha value is -1.43. The van der Waals surface area contributed by atoms with Gasteiger partial charge in [-0.15, -0.1) is 0 Å². The first-order chi connectivity index (χ1) is 8.65. The van der Waals surface area contributed by atoms with Crippen molar-refractivity contribution in [3.63, 3.8) is 0 Å². The van der Waals surface area contributed by atoms with Crippen molar-refractivity contribution in [2.45, 2.75) is 6.92 Å². The molecule has 0 aliphatic heterocycles. The molecule has 0 fully saturated rings. The predicted molar refractivity (Wildman–Crippen MR) is 78.1 cm³/mol. The number of benzene rings is 1. The number of hydrogen-bond acceptors (Lipinski definition) is 3. The minimum Gasteiger partial charge on any atom is -0.494 e. The first-order valence-corrected chi connectivity index (χ1v) is 6.52. The van der Waals surface area contributed by atoms with Gasteiger partial charge in [-0.2, -0.15) is 0 Å². The molecule has 0 N–H and O–H groups in total. The monoisotopic (exact) mass is 353 g/mol. The maximum atomic E-state index is 12.5. The number of pyridine rings is 1. The molecule has 0 bridgehead atoms. The van der Waals surface area contributed by atoms with E-state index in [1.54, 1.807) is 18.3 Å². The summed E-state index contributed by atoms with van der Waals surface area (Å²) in [7, 11) is 1.54. The lowest BCUT2D eigenvalue weighted by atomic mass is 10.0. The summed E-state index contributed by atoms with van der Waals surface area (Å²) in [5, 5.41) is 0. The van der Waals surface area contributed by atoms with E-state index in [0.29, 0.717) is 17.0 Å². The molecule has 1 aromatic carbocycles. The Labute approximate surface area is 119 Å². The lowest BCUT2D eigenvalue weighted by Gasteiger charge is -2.08. The molecule has 4 heteroatoms. The fraction of sp³-hybridized carbons (Fsp3) is 0.143. The lowest BCUT2D eigenvalue weighted by Crippen LogP contribution is -2.08. The Morgan fingerprint density at radius 2 is 2.06 bits per heavy atom. The summed E-state index contributed by atoms with van der Waals surface area (Å²) in [4.78, 5) is 16.6. The average Bonchev–Trinajstić information content (AvgIpc) is 2.41. The summed E-state index contributed by atoms with van der Waals surface area (Å²) in [6, 6.07) is 9.15. The summed E-state index contributed by atoms with van der Waals surface area (Å²) in [6.45, 7) is 1.98. The molecule has 1 aromatic heterocycles. The summed E-state index contributed by atoms with van der Waals surface area (Å²) < 4.78 is 6.12. The van der Waals surface area contributed by atoms with Crippen LogP contribution in [-0.2, 0) is 0 Å². The number of halogens is 1. The zero-order valence-electron chi connectivity index (χ0n) is 10.1. The van der Waals surface area contributed by atoms with E-state index in [1.807, 2.05) is 25.1 Å². The number of aryl methyl sites for hydroxylation is 1. The molecule has 0 atom stereocenters. The molecule has 2 aromatic rings. The highest BCUT2D eigenvalue weighted by Crippen LogP contribution is 2.23. The summed E-state index contributed by atoms with van der Waals surface area (Å²) in [5.41, 5.74) is 2.09. The third kappa shape index (κ3) is 2.38. The number of rotatable bonds is 3. The van der Waals surface area contributed by atoms with Crippen molar-refractivity contribution in [1.82, 2.24) is 4.98 Å². The second-order valence-corrected chi connectivity index (χ2v) is 4.90. The minimum absolute atomic E-state index is 0.111. The minimum atomic E-state index is -0.111. The topological polar surface area (TPSA) is 39.2 Å². The molecule has 0 radical (unpaired) electrons. The Morgan fingerprint density at radius 1 is 1.28 bits per heavy atom. The molecule has 1 heterocycles. The van der Waals surface area contributed by atoms with Crippen LogP contribution in [0.15, 0.2) is 36.5 Å². The second-order valence-electron chi connectivity index (χ2n) is 3.82. The third-order valence-corrected chi connectivity index (χ3v) is 4.07. The number of ketones is 1. The average molecular weight is 353 g/mol. The summed E-state index contributed by atoms with van der Waals surface area (Å²) in [5.74, 6) is 0.389. The van der Waals surface area contributed by atoms with Crippen molar-refractivity contribution in [3.8, 4) is 5.75 Å². The Balaban J connectivity index is 2.52. The largest absolute Gasteiger partial charge is 0.494 e. The van der Waals surface area contributed by atoms with E-state index >= 15 is 0 Å². The molecule has 0 unspecified atom stereocenters. The SMILES string of the molecule is COc1cccnc1C(=O)c1cccc(C)c1I. The maximum Gasteiger partial charge on any atom is 0.216 e. The number of nitrogens with zero attached hydrogens (tertiary/aromatic N) is 1. The van der Waals surface area contributed by atoms with Crippen molar-refractivity contribution in [2.24, 2.45) is 0 Å². The van der Waals surface area contributed by atoms with Gasteiger partial charge in [0.25, 0.3) is 0 Å². The van der Waals surface area contributed by atoms with Crippen LogP contribution in [0.3, 0.4) is 0 Å². The van der Waals surface area contributed by atoms with Crippen LogP contribution in [0, 0.1) is 10.5 Å². The molecule has 0 spiro atoms. The Bertz CT molecular complexity index is 596. The number of aromatic nitrogens is 1. The molecule has 18 heavy (non-hydrogen) atoms. The van der Waals surface area contributed by atoms with Gasteiger partial charge in [-0.3, -0.25) is 4.79 Å². The van der Waals surface area contributed by atoms with Crippen LogP contribution in [0.4, 0.5) is 0 Å². The quantitative estimate of drug-likeness (QED) is 0.628. The molecule has 0 saturated heterocycles. The molecule has 2 rings (SSSR count). The van der Waals surface area contributed by atoms with Crippen LogP contribution in [0.2, 0.25) is 0 Å². The van der Waals surface area contributed by atoms with Gasteiger partial charge in [0.15, 0.2) is 5.69 Å². The number of carbonyl (C=O) groups excluding carboxylic acids is 1.